The van der Waals surface area contributed by atoms with E-state index < -0.39 is 0 Å². The van der Waals surface area contributed by atoms with Crippen molar-refractivity contribution in [3.8, 4) is 5.75 Å². The number of thiocarbonyl (C=S) groups is 1. The molecule has 0 fully saturated rings. The number of benzene rings is 3. The lowest BCUT2D eigenvalue weighted by Crippen LogP contribution is -2.37. The van der Waals surface area contributed by atoms with Crippen molar-refractivity contribution in [1.29, 1.82) is 0 Å². The Morgan fingerprint density at radius 3 is 2.46 bits per heavy atom. The first kappa shape index (κ1) is 20.8. The molecule has 0 aromatic heterocycles. The van der Waals surface area contributed by atoms with Crippen LogP contribution in [0.5, 0.6) is 5.75 Å². The van der Waals surface area contributed by atoms with Gasteiger partial charge in [-0.15, -0.1) is 0 Å². The second kappa shape index (κ2) is 9.03. The first-order valence-corrected chi connectivity index (χ1v) is 10.5. The van der Waals surface area contributed by atoms with Crippen LogP contribution in [0.2, 0.25) is 0 Å². The predicted octanol–water partition coefficient (Wildman–Crippen LogP) is 5.87. The van der Waals surface area contributed by atoms with E-state index in [2.05, 4.69) is 48.6 Å². The third-order valence-corrected chi connectivity index (χ3v) is 5.49. The van der Waals surface area contributed by atoms with Crippen molar-refractivity contribution in [3.05, 3.63) is 68.6 Å². The molecule has 0 aliphatic carbocycles. The summed E-state index contributed by atoms with van der Waals surface area (Å²) in [6, 6.07) is 15.7. The fourth-order valence-corrected chi connectivity index (χ4v) is 4.09. The largest absolute Gasteiger partial charge is 0.483 e. The van der Waals surface area contributed by atoms with Crippen LogP contribution in [-0.2, 0) is 4.79 Å². The fraction of sp³-hybridized carbons (Fsp3) is 0.143. The van der Waals surface area contributed by atoms with Crippen LogP contribution in [0.25, 0.3) is 10.8 Å². The summed E-state index contributed by atoms with van der Waals surface area (Å²) in [7, 11) is 0. The van der Waals surface area contributed by atoms with Gasteiger partial charge in [0, 0.05) is 10.2 Å². The summed E-state index contributed by atoms with van der Waals surface area (Å²) in [5, 5.41) is 7.97. The van der Waals surface area contributed by atoms with E-state index in [1.165, 1.54) is 0 Å². The number of amides is 1. The van der Waals surface area contributed by atoms with E-state index in [0.717, 1.165) is 36.5 Å². The van der Waals surface area contributed by atoms with E-state index in [0.29, 0.717) is 5.75 Å². The molecule has 0 heterocycles. The first-order chi connectivity index (χ1) is 13.3. The normalized spacial score (nSPS) is 10.6. The average Bonchev–Trinajstić information content (AvgIpc) is 2.60. The van der Waals surface area contributed by atoms with Gasteiger partial charge in [-0.05, 0) is 94.2 Å². The fourth-order valence-electron chi connectivity index (χ4n) is 2.87. The highest BCUT2D eigenvalue weighted by atomic mass is 79.9. The SMILES string of the molecule is Cc1cc(C)cc(NC(=S)NC(=O)COc2ccc3cc(Br)ccc3c2Br)c1. The maximum atomic E-state index is 12.2. The second-order valence-corrected chi connectivity index (χ2v) is 8.53. The highest BCUT2D eigenvalue weighted by Gasteiger charge is 2.10. The van der Waals surface area contributed by atoms with Gasteiger partial charge in [-0.3, -0.25) is 10.1 Å². The zero-order valence-electron chi connectivity index (χ0n) is 15.3. The molecule has 0 spiro atoms. The molecular weight excluding hydrogens is 504 g/mol. The number of hydrogen-bond acceptors (Lipinski definition) is 3. The summed E-state index contributed by atoms with van der Waals surface area (Å²) in [6.07, 6.45) is 0. The molecule has 0 radical (unpaired) electrons. The molecule has 3 rings (SSSR count). The number of fused-ring (bicyclic) bond motifs is 1. The van der Waals surface area contributed by atoms with Gasteiger partial charge in [-0.1, -0.05) is 34.1 Å². The highest BCUT2D eigenvalue weighted by molar-refractivity contribution is 9.11. The lowest BCUT2D eigenvalue weighted by atomic mass is 10.1. The topological polar surface area (TPSA) is 50.4 Å². The quantitative estimate of drug-likeness (QED) is 0.421. The Hall–Kier alpha value is -1.96. The molecule has 3 aromatic carbocycles. The number of carbonyl (C=O) groups excluding carboxylic acids is 1. The van der Waals surface area contributed by atoms with Crippen LogP contribution in [0.15, 0.2) is 57.5 Å². The summed E-state index contributed by atoms with van der Waals surface area (Å²) in [5.74, 6) is 0.267. The van der Waals surface area contributed by atoms with Gasteiger partial charge in [0.25, 0.3) is 5.91 Å². The number of halogens is 2. The average molecular weight is 522 g/mol. The van der Waals surface area contributed by atoms with Crippen molar-refractivity contribution in [2.24, 2.45) is 0 Å². The maximum absolute atomic E-state index is 12.2. The Bertz CT molecular complexity index is 1050. The van der Waals surface area contributed by atoms with Gasteiger partial charge in [0.15, 0.2) is 11.7 Å². The lowest BCUT2D eigenvalue weighted by molar-refractivity contribution is -0.121. The standard InChI is InChI=1S/C21H18Br2N2O2S/c1-12-7-13(2)9-16(8-12)24-21(28)25-19(26)11-27-18-6-3-14-10-15(22)4-5-17(14)20(18)23/h3-10H,11H2,1-2H3,(H2,24,25,26,28). The van der Waals surface area contributed by atoms with Gasteiger partial charge in [0.1, 0.15) is 5.75 Å². The summed E-state index contributed by atoms with van der Waals surface area (Å²) >= 11 is 12.2. The zero-order valence-corrected chi connectivity index (χ0v) is 19.3. The van der Waals surface area contributed by atoms with Crippen LogP contribution in [-0.4, -0.2) is 17.6 Å². The number of nitrogens with one attached hydrogen (secondary N) is 2. The number of carbonyl (C=O) groups is 1. The molecule has 0 saturated heterocycles. The molecule has 0 atom stereocenters. The summed E-state index contributed by atoms with van der Waals surface area (Å²) in [5.41, 5.74) is 3.08. The minimum Gasteiger partial charge on any atom is -0.483 e. The smallest absolute Gasteiger partial charge is 0.264 e. The van der Waals surface area contributed by atoms with Gasteiger partial charge in [-0.25, -0.2) is 0 Å². The Labute approximate surface area is 185 Å². The highest BCUT2D eigenvalue weighted by Crippen LogP contribution is 2.34. The Balaban J connectivity index is 1.59. The third kappa shape index (κ3) is 5.31. The molecule has 28 heavy (non-hydrogen) atoms. The minimum absolute atomic E-state index is 0.144. The van der Waals surface area contributed by atoms with Crippen molar-refractivity contribution in [2.75, 3.05) is 11.9 Å². The minimum atomic E-state index is -0.329. The van der Waals surface area contributed by atoms with E-state index in [-0.39, 0.29) is 17.6 Å². The number of aryl methyl sites for hydroxylation is 2. The Morgan fingerprint density at radius 1 is 1.04 bits per heavy atom. The van der Waals surface area contributed by atoms with Crippen LogP contribution >= 0.6 is 44.1 Å². The van der Waals surface area contributed by atoms with Gasteiger partial charge in [0.05, 0.1) is 4.47 Å². The number of rotatable bonds is 4. The van der Waals surface area contributed by atoms with Gasteiger partial charge >= 0.3 is 0 Å². The van der Waals surface area contributed by atoms with Crippen molar-refractivity contribution < 1.29 is 9.53 Å². The van der Waals surface area contributed by atoms with Crippen molar-refractivity contribution in [1.82, 2.24) is 5.32 Å². The van der Waals surface area contributed by atoms with E-state index in [1.807, 2.05) is 56.3 Å². The van der Waals surface area contributed by atoms with Crippen molar-refractivity contribution in [2.45, 2.75) is 13.8 Å². The monoisotopic (exact) mass is 520 g/mol. The molecule has 0 aliphatic heterocycles. The van der Waals surface area contributed by atoms with Crippen molar-refractivity contribution in [3.63, 3.8) is 0 Å². The Kier molecular flexibility index (Phi) is 6.69. The molecule has 144 valence electrons. The summed E-state index contributed by atoms with van der Waals surface area (Å²) in [6.45, 7) is 3.87. The molecular formula is C21H18Br2N2O2S. The lowest BCUT2D eigenvalue weighted by Gasteiger charge is -2.13. The zero-order chi connectivity index (χ0) is 20.3. The molecule has 0 saturated carbocycles. The van der Waals surface area contributed by atoms with Crippen molar-refractivity contribution >= 4 is 71.6 Å². The van der Waals surface area contributed by atoms with Gasteiger partial charge in [0.2, 0.25) is 0 Å². The Morgan fingerprint density at radius 2 is 1.75 bits per heavy atom. The maximum Gasteiger partial charge on any atom is 0.264 e. The van der Waals surface area contributed by atoms with Crippen LogP contribution in [0, 0.1) is 13.8 Å². The van der Waals surface area contributed by atoms with E-state index in [9.17, 15) is 4.79 Å². The van der Waals surface area contributed by atoms with E-state index in [1.54, 1.807) is 0 Å². The molecule has 3 aromatic rings. The number of ether oxygens (including phenoxy) is 1. The van der Waals surface area contributed by atoms with E-state index in [4.69, 9.17) is 17.0 Å². The number of anilines is 1. The van der Waals surface area contributed by atoms with Gasteiger partial charge in [-0.2, -0.15) is 0 Å². The molecule has 1 amide bonds. The van der Waals surface area contributed by atoms with Crippen LogP contribution in [0.4, 0.5) is 5.69 Å². The molecule has 0 bridgehead atoms. The van der Waals surface area contributed by atoms with Crippen LogP contribution in [0.3, 0.4) is 0 Å². The molecule has 0 aliphatic rings. The third-order valence-electron chi connectivity index (χ3n) is 3.97. The predicted molar refractivity (Wildman–Crippen MR) is 125 cm³/mol. The first-order valence-electron chi connectivity index (χ1n) is 8.51. The van der Waals surface area contributed by atoms with Gasteiger partial charge < -0.3 is 10.1 Å². The molecule has 2 N–H and O–H groups in total. The molecule has 7 heteroatoms. The van der Waals surface area contributed by atoms with Crippen LogP contribution in [0.1, 0.15) is 11.1 Å². The summed E-state index contributed by atoms with van der Waals surface area (Å²) in [4.78, 5) is 12.2. The van der Waals surface area contributed by atoms with Crippen LogP contribution < -0.4 is 15.4 Å². The van der Waals surface area contributed by atoms with E-state index >= 15 is 0 Å². The summed E-state index contributed by atoms with van der Waals surface area (Å²) < 4.78 is 7.48. The molecule has 0 unspecified atom stereocenters. The molecule has 4 nitrogen and oxygen atoms in total. The second-order valence-electron chi connectivity index (χ2n) is 6.41. The number of hydrogen-bond donors (Lipinski definition) is 2.